The Kier molecular flexibility index (Phi) is 4.97. The minimum atomic E-state index is -0.171. The van der Waals surface area contributed by atoms with Crippen LogP contribution in [0.3, 0.4) is 0 Å². The van der Waals surface area contributed by atoms with Crippen LogP contribution in [0, 0.1) is 12.8 Å². The fourth-order valence-electron chi connectivity index (χ4n) is 2.12. The summed E-state index contributed by atoms with van der Waals surface area (Å²) in [4.78, 5) is 0. The smallest absolute Gasteiger partial charge is 0.123 e. The second-order valence-electron chi connectivity index (χ2n) is 4.72. The van der Waals surface area contributed by atoms with Gasteiger partial charge in [0.15, 0.2) is 0 Å². The van der Waals surface area contributed by atoms with Crippen LogP contribution in [0.2, 0.25) is 0 Å². The molecule has 96 valence electrons. The fourth-order valence-corrected chi connectivity index (χ4v) is 2.12. The van der Waals surface area contributed by atoms with E-state index in [2.05, 4.69) is 19.9 Å². The molecule has 17 heavy (non-hydrogen) atoms. The van der Waals surface area contributed by atoms with Crippen LogP contribution >= 0.6 is 0 Å². The molecule has 0 aliphatic heterocycles. The van der Waals surface area contributed by atoms with Gasteiger partial charge in [-0.05, 0) is 18.9 Å². The van der Waals surface area contributed by atoms with Crippen molar-refractivity contribution in [2.45, 2.75) is 32.9 Å². The second-order valence-corrected chi connectivity index (χ2v) is 4.72. The van der Waals surface area contributed by atoms with Crippen LogP contribution in [-0.2, 0) is 4.74 Å². The quantitative estimate of drug-likeness (QED) is 0.856. The summed E-state index contributed by atoms with van der Waals surface area (Å²) in [5, 5.41) is 0. The molecule has 0 spiro atoms. The second kappa shape index (κ2) is 6.03. The molecule has 0 aliphatic carbocycles. The predicted octanol–water partition coefficient (Wildman–Crippen LogP) is 2.67. The zero-order valence-corrected chi connectivity index (χ0v) is 11.4. The highest BCUT2D eigenvalue weighted by atomic mass is 16.5. The molecule has 2 unspecified atom stereocenters. The van der Waals surface area contributed by atoms with E-state index in [9.17, 15) is 0 Å². The Labute approximate surface area is 104 Å². The minimum absolute atomic E-state index is 0.00861. The van der Waals surface area contributed by atoms with Crippen LogP contribution in [0.4, 0.5) is 0 Å². The summed E-state index contributed by atoms with van der Waals surface area (Å²) < 4.78 is 10.8. The van der Waals surface area contributed by atoms with Crippen molar-refractivity contribution in [3.63, 3.8) is 0 Å². The first-order valence-electron chi connectivity index (χ1n) is 5.94. The van der Waals surface area contributed by atoms with Gasteiger partial charge in [0.2, 0.25) is 0 Å². The maximum atomic E-state index is 6.29. The molecule has 0 heterocycles. The van der Waals surface area contributed by atoms with Gasteiger partial charge >= 0.3 is 0 Å². The lowest BCUT2D eigenvalue weighted by atomic mass is 9.92. The number of aryl methyl sites for hydroxylation is 1. The van der Waals surface area contributed by atoms with Gasteiger partial charge in [0.05, 0.1) is 19.3 Å². The van der Waals surface area contributed by atoms with Crippen molar-refractivity contribution < 1.29 is 9.47 Å². The van der Waals surface area contributed by atoms with Crippen molar-refractivity contribution in [3.05, 3.63) is 29.3 Å². The Morgan fingerprint density at radius 1 is 1.18 bits per heavy atom. The Morgan fingerprint density at radius 2 is 1.82 bits per heavy atom. The maximum absolute atomic E-state index is 6.29. The lowest BCUT2D eigenvalue weighted by Crippen LogP contribution is -2.32. The van der Waals surface area contributed by atoms with Crippen LogP contribution in [-0.4, -0.2) is 20.3 Å². The molecule has 1 aromatic carbocycles. The number of ether oxygens (including phenoxy) is 2. The molecule has 0 saturated heterocycles. The molecule has 0 aromatic heterocycles. The van der Waals surface area contributed by atoms with E-state index in [-0.39, 0.29) is 12.1 Å². The zero-order valence-electron chi connectivity index (χ0n) is 11.4. The summed E-state index contributed by atoms with van der Waals surface area (Å²) >= 11 is 0. The predicted molar refractivity (Wildman–Crippen MR) is 70.3 cm³/mol. The van der Waals surface area contributed by atoms with Crippen LogP contribution < -0.4 is 10.5 Å². The van der Waals surface area contributed by atoms with E-state index in [0.717, 1.165) is 11.3 Å². The summed E-state index contributed by atoms with van der Waals surface area (Å²) in [6.07, 6.45) is -0.00861. The Balaban J connectivity index is 3.08. The summed E-state index contributed by atoms with van der Waals surface area (Å²) in [5.74, 6) is 1.19. The number of hydrogen-bond donors (Lipinski definition) is 1. The van der Waals surface area contributed by atoms with Gasteiger partial charge in [0.1, 0.15) is 5.75 Å². The van der Waals surface area contributed by atoms with Crippen molar-refractivity contribution in [1.29, 1.82) is 0 Å². The largest absolute Gasteiger partial charge is 0.496 e. The zero-order chi connectivity index (χ0) is 13.0. The monoisotopic (exact) mass is 237 g/mol. The third-order valence-corrected chi connectivity index (χ3v) is 3.03. The van der Waals surface area contributed by atoms with Gasteiger partial charge in [-0.25, -0.2) is 0 Å². The van der Waals surface area contributed by atoms with Crippen molar-refractivity contribution >= 4 is 0 Å². The lowest BCUT2D eigenvalue weighted by Gasteiger charge is -2.27. The molecule has 0 saturated carbocycles. The molecule has 0 aliphatic rings. The van der Waals surface area contributed by atoms with E-state index in [1.165, 1.54) is 5.56 Å². The highest BCUT2D eigenvalue weighted by Gasteiger charge is 2.24. The van der Waals surface area contributed by atoms with Crippen molar-refractivity contribution in [1.82, 2.24) is 0 Å². The summed E-state index contributed by atoms with van der Waals surface area (Å²) in [5.41, 5.74) is 8.47. The Bertz CT molecular complexity index is 363. The Hall–Kier alpha value is -1.06. The van der Waals surface area contributed by atoms with E-state index >= 15 is 0 Å². The van der Waals surface area contributed by atoms with E-state index in [1.54, 1.807) is 14.2 Å². The van der Waals surface area contributed by atoms with Gasteiger partial charge in [-0.2, -0.15) is 0 Å². The Morgan fingerprint density at radius 3 is 2.29 bits per heavy atom. The van der Waals surface area contributed by atoms with Gasteiger partial charge in [-0.1, -0.05) is 31.5 Å². The number of methoxy groups -OCH3 is 2. The topological polar surface area (TPSA) is 44.5 Å². The molecular formula is C14H23NO2. The SMILES string of the molecule is COc1ccc(C)cc1C(N)C(OC)C(C)C. The standard InChI is InChI=1S/C14H23NO2/c1-9(2)14(17-5)13(15)11-8-10(3)6-7-12(11)16-4/h6-9,13-14H,15H2,1-5H3. The molecule has 0 bridgehead atoms. The van der Waals surface area contributed by atoms with Gasteiger partial charge in [-0.15, -0.1) is 0 Å². The highest BCUT2D eigenvalue weighted by molar-refractivity contribution is 5.39. The van der Waals surface area contributed by atoms with Crippen molar-refractivity contribution in [2.75, 3.05) is 14.2 Å². The average Bonchev–Trinajstić information content (AvgIpc) is 2.29. The molecule has 3 nitrogen and oxygen atoms in total. The molecule has 1 aromatic rings. The summed E-state index contributed by atoms with van der Waals surface area (Å²) in [6, 6.07) is 5.87. The molecule has 3 heteroatoms. The van der Waals surface area contributed by atoms with Crippen LogP contribution in [0.1, 0.15) is 31.0 Å². The summed E-state index contributed by atoms with van der Waals surface area (Å²) in [7, 11) is 3.37. The van der Waals surface area contributed by atoms with E-state index in [1.807, 2.05) is 19.1 Å². The van der Waals surface area contributed by atoms with E-state index in [4.69, 9.17) is 15.2 Å². The first-order chi connectivity index (χ1) is 8.01. The van der Waals surface area contributed by atoms with Crippen LogP contribution in [0.5, 0.6) is 5.75 Å². The molecule has 0 amide bonds. The van der Waals surface area contributed by atoms with E-state index in [0.29, 0.717) is 5.92 Å². The molecule has 2 atom stereocenters. The van der Waals surface area contributed by atoms with Gasteiger partial charge in [-0.3, -0.25) is 0 Å². The lowest BCUT2D eigenvalue weighted by molar-refractivity contribution is 0.0431. The average molecular weight is 237 g/mol. The molecular weight excluding hydrogens is 214 g/mol. The molecule has 1 rings (SSSR count). The third kappa shape index (κ3) is 3.20. The van der Waals surface area contributed by atoms with Crippen molar-refractivity contribution in [3.8, 4) is 5.75 Å². The summed E-state index contributed by atoms with van der Waals surface area (Å²) in [6.45, 7) is 6.26. The van der Waals surface area contributed by atoms with E-state index < -0.39 is 0 Å². The molecule has 0 radical (unpaired) electrons. The van der Waals surface area contributed by atoms with Crippen molar-refractivity contribution in [2.24, 2.45) is 11.7 Å². The van der Waals surface area contributed by atoms with Crippen LogP contribution in [0.25, 0.3) is 0 Å². The highest BCUT2D eigenvalue weighted by Crippen LogP contribution is 2.30. The van der Waals surface area contributed by atoms with Gasteiger partial charge in [0.25, 0.3) is 0 Å². The third-order valence-electron chi connectivity index (χ3n) is 3.03. The molecule has 2 N–H and O–H groups in total. The first-order valence-corrected chi connectivity index (χ1v) is 5.94. The minimum Gasteiger partial charge on any atom is -0.496 e. The number of nitrogens with two attached hydrogens (primary N) is 1. The number of benzene rings is 1. The maximum Gasteiger partial charge on any atom is 0.123 e. The van der Waals surface area contributed by atoms with Gasteiger partial charge < -0.3 is 15.2 Å². The fraction of sp³-hybridized carbons (Fsp3) is 0.571. The normalized spacial score (nSPS) is 14.8. The first kappa shape index (κ1) is 14.0. The number of rotatable bonds is 5. The van der Waals surface area contributed by atoms with Gasteiger partial charge in [0, 0.05) is 12.7 Å². The number of hydrogen-bond acceptors (Lipinski definition) is 3. The van der Waals surface area contributed by atoms with Crippen LogP contribution in [0.15, 0.2) is 18.2 Å². The molecule has 0 fully saturated rings.